The molecule has 0 aliphatic carbocycles. The van der Waals surface area contributed by atoms with Crippen molar-refractivity contribution < 1.29 is 0 Å². The van der Waals surface area contributed by atoms with Crippen LogP contribution in [0, 0.1) is 0 Å². The van der Waals surface area contributed by atoms with Gasteiger partial charge in [-0.1, -0.05) is 29.8 Å². The summed E-state index contributed by atoms with van der Waals surface area (Å²) in [6, 6.07) is 15.0. The lowest BCUT2D eigenvalue weighted by Crippen LogP contribution is -2.23. The molecule has 4 heteroatoms. The summed E-state index contributed by atoms with van der Waals surface area (Å²) in [5, 5.41) is 1.77. The number of fused-ring (bicyclic) bond motifs is 1. The number of H-pyrrole nitrogens is 1. The minimum Gasteiger partial charge on any atom is -0.364 e. The van der Waals surface area contributed by atoms with Crippen molar-refractivity contribution in [3.05, 3.63) is 65.1 Å². The number of likely N-dealkylation sites (tertiary alicyclic amines) is 1. The minimum absolute atomic E-state index is 0.473. The summed E-state index contributed by atoms with van der Waals surface area (Å²) in [7, 11) is 0. The Morgan fingerprint density at radius 2 is 2.14 bits per heavy atom. The van der Waals surface area contributed by atoms with Crippen LogP contribution in [0.1, 0.15) is 30.1 Å². The molecule has 3 heterocycles. The van der Waals surface area contributed by atoms with E-state index in [1.807, 2.05) is 24.4 Å². The molecule has 1 fully saturated rings. The molecule has 22 heavy (non-hydrogen) atoms. The normalized spacial score (nSPS) is 19.0. The highest BCUT2D eigenvalue weighted by Crippen LogP contribution is 2.33. The molecule has 112 valence electrons. The number of halogens is 1. The second-order valence-electron chi connectivity index (χ2n) is 5.88. The van der Waals surface area contributed by atoms with Gasteiger partial charge in [-0.05, 0) is 49.2 Å². The van der Waals surface area contributed by atoms with Gasteiger partial charge in [0.25, 0.3) is 0 Å². The van der Waals surface area contributed by atoms with Crippen molar-refractivity contribution in [3.63, 3.8) is 0 Å². The zero-order valence-corrected chi connectivity index (χ0v) is 13.1. The second kappa shape index (κ2) is 5.75. The molecule has 1 saturated heterocycles. The standard InChI is InChI=1S/C18H18ClN3/c19-18-11-13(14-5-1-2-6-15(14)21-18)12-22-10-4-8-17(22)16-7-3-9-20-16/h1-3,5-7,9,11,17,20H,4,8,10,12H2/t17-/m0/s1. The number of para-hydroxylation sites is 1. The Morgan fingerprint density at radius 3 is 3.00 bits per heavy atom. The van der Waals surface area contributed by atoms with Crippen LogP contribution in [0.25, 0.3) is 10.9 Å². The Balaban J connectivity index is 1.68. The van der Waals surface area contributed by atoms with E-state index in [0.29, 0.717) is 11.2 Å². The predicted octanol–water partition coefficient (Wildman–Crippen LogP) is 4.55. The smallest absolute Gasteiger partial charge is 0.130 e. The highest BCUT2D eigenvalue weighted by Gasteiger charge is 2.27. The summed E-state index contributed by atoms with van der Waals surface area (Å²) in [5.41, 5.74) is 3.54. The van der Waals surface area contributed by atoms with Crippen molar-refractivity contribution in [1.29, 1.82) is 0 Å². The molecule has 1 aliphatic heterocycles. The third kappa shape index (κ3) is 2.51. The van der Waals surface area contributed by atoms with Gasteiger partial charge in [0.15, 0.2) is 0 Å². The maximum absolute atomic E-state index is 6.21. The molecule has 1 atom stereocenters. The molecule has 1 aromatic carbocycles. The van der Waals surface area contributed by atoms with Crippen LogP contribution in [0.2, 0.25) is 5.15 Å². The Labute approximate surface area is 134 Å². The van der Waals surface area contributed by atoms with Gasteiger partial charge >= 0.3 is 0 Å². The molecule has 0 radical (unpaired) electrons. The van der Waals surface area contributed by atoms with E-state index in [2.05, 4.69) is 39.1 Å². The summed E-state index contributed by atoms with van der Waals surface area (Å²) < 4.78 is 0. The summed E-state index contributed by atoms with van der Waals surface area (Å²) >= 11 is 6.21. The van der Waals surface area contributed by atoms with Crippen molar-refractivity contribution in [1.82, 2.24) is 14.9 Å². The van der Waals surface area contributed by atoms with Gasteiger partial charge < -0.3 is 4.98 Å². The zero-order valence-electron chi connectivity index (χ0n) is 12.3. The molecular formula is C18H18ClN3. The summed E-state index contributed by atoms with van der Waals surface area (Å²) in [4.78, 5) is 10.3. The maximum Gasteiger partial charge on any atom is 0.130 e. The van der Waals surface area contributed by atoms with Crippen LogP contribution in [0.3, 0.4) is 0 Å². The Kier molecular flexibility index (Phi) is 3.60. The van der Waals surface area contributed by atoms with Gasteiger partial charge in [-0.25, -0.2) is 4.98 Å². The molecule has 0 amide bonds. The predicted molar refractivity (Wildman–Crippen MR) is 89.9 cm³/mol. The Hall–Kier alpha value is -1.84. The summed E-state index contributed by atoms with van der Waals surface area (Å²) in [5.74, 6) is 0. The first-order chi connectivity index (χ1) is 10.8. The quantitative estimate of drug-likeness (QED) is 0.719. The van der Waals surface area contributed by atoms with Gasteiger partial charge in [0.05, 0.1) is 11.6 Å². The number of nitrogens with one attached hydrogen (secondary N) is 1. The number of aromatic nitrogens is 2. The molecular weight excluding hydrogens is 294 g/mol. The average molecular weight is 312 g/mol. The fourth-order valence-corrected chi connectivity index (χ4v) is 3.70. The lowest BCUT2D eigenvalue weighted by molar-refractivity contribution is 0.246. The second-order valence-corrected chi connectivity index (χ2v) is 6.26. The maximum atomic E-state index is 6.21. The first-order valence-corrected chi connectivity index (χ1v) is 8.10. The molecule has 1 aliphatic rings. The third-order valence-electron chi connectivity index (χ3n) is 4.49. The van der Waals surface area contributed by atoms with E-state index in [0.717, 1.165) is 18.6 Å². The topological polar surface area (TPSA) is 31.9 Å². The Morgan fingerprint density at radius 1 is 1.23 bits per heavy atom. The first-order valence-electron chi connectivity index (χ1n) is 7.73. The molecule has 4 rings (SSSR count). The number of hydrogen-bond acceptors (Lipinski definition) is 2. The van der Waals surface area contributed by atoms with E-state index in [1.165, 1.54) is 29.5 Å². The number of pyridine rings is 1. The van der Waals surface area contributed by atoms with Gasteiger partial charge in [0.1, 0.15) is 5.15 Å². The van der Waals surface area contributed by atoms with Crippen molar-refractivity contribution in [3.8, 4) is 0 Å². The van der Waals surface area contributed by atoms with Gasteiger partial charge in [0, 0.05) is 23.8 Å². The van der Waals surface area contributed by atoms with Crippen LogP contribution in [0.5, 0.6) is 0 Å². The molecule has 0 bridgehead atoms. The molecule has 0 spiro atoms. The molecule has 0 saturated carbocycles. The molecule has 0 unspecified atom stereocenters. The zero-order chi connectivity index (χ0) is 14.9. The minimum atomic E-state index is 0.473. The molecule has 1 N–H and O–H groups in total. The molecule has 3 nitrogen and oxygen atoms in total. The Bertz CT molecular complexity index is 782. The van der Waals surface area contributed by atoms with Crippen molar-refractivity contribution >= 4 is 22.5 Å². The van der Waals surface area contributed by atoms with E-state index < -0.39 is 0 Å². The fraction of sp³-hybridized carbons (Fsp3) is 0.278. The fourth-order valence-electron chi connectivity index (χ4n) is 3.48. The van der Waals surface area contributed by atoms with Gasteiger partial charge in [-0.2, -0.15) is 0 Å². The van der Waals surface area contributed by atoms with E-state index >= 15 is 0 Å². The highest BCUT2D eigenvalue weighted by atomic mass is 35.5. The van der Waals surface area contributed by atoms with Gasteiger partial charge in [0.2, 0.25) is 0 Å². The monoisotopic (exact) mass is 311 g/mol. The van der Waals surface area contributed by atoms with Gasteiger partial charge in [-0.15, -0.1) is 0 Å². The number of aromatic amines is 1. The van der Waals surface area contributed by atoms with Crippen molar-refractivity contribution in [2.75, 3.05) is 6.54 Å². The van der Waals surface area contributed by atoms with Crippen molar-refractivity contribution in [2.45, 2.75) is 25.4 Å². The lowest BCUT2D eigenvalue weighted by Gasteiger charge is -2.24. The van der Waals surface area contributed by atoms with E-state index in [-0.39, 0.29) is 0 Å². The lowest BCUT2D eigenvalue weighted by atomic mass is 10.1. The van der Waals surface area contributed by atoms with Crippen LogP contribution < -0.4 is 0 Å². The van der Waals surface area contributed by atoms with Crippen LogP contribution in [0.15, 0.2) is 48.7 Å². The number of hydrogen-bond donors (Lipinski definition) is 1. The first kappa shape index (κ1) is 13.8. The third-order valence-corrected chi connectivity index (χ3v) is 4.68. The summed E-state index contributed by atoms with van der Waals surface area (Å²) in [6.45, 7) is 2.03. The molecule has 2 aromatic heterocycles. The largest absolute Gasteiger partial charge is 0.364 e. The van der Waals surface area contributed by atoms with E-state index in [4.69, 9.17) is 11.6 Å². The number of benzene rings is 1. The number of rotatable bonds is 3. The van der Waals surface area contributed by atoms with Crippen LogP contribution in [0.4, 0.5) is 0 Å². The van der Waals surface area contributed by atoms with E-state index in [9.17, 15) is 0 Å². The SMILES string of the molecule is Clc1cc(CN2CCC[C@H]2c2ccc[nH]2)c2ccccc2n1. The number of nitrogens with zero attached hydrogens (tertiary/aromatic N) is 2. The van der Waals surface area contributed by atoms with Crippen LogP contribution >= 0.6 is 11.6 Å². The molecule has 3 aromatic rings. The van der Waals surface area contributed by atoms with Crippen LogP contribution in [-0.4, -0.2) is 21.4 Å². The average Bonchev–Trinajstić information content (AvgIpc) is 3.17. The van der Waals surface area contributed by atoms with E-state index in [1.54, 1.807) is 0 Å². The summed E-state index contributed by atoms with van der Waals surface area (Å²) in [6.07, 6.45) is 4.45. The highest BCUT2D eigenvalue weighted by molar-refractivity contribution is 6.29. The van der Waals surface area contributed by atoms with Gasteiger partial charge in [-0.3, -0.25) is 4.90 Å². The van der Waals surface area contributed by atoms with Crippen LogP contribution in [-0.2, 0) is 6.54 Å². The van der Waals surface area contributed by atoms with Crippen molar-refractivity contribution in [2.24, 2.45) is 0 Å².